The number of thioether (sulfide) groups is 1. The van der Waals surface area contributed by atoms with Crippen molar-refractivity contribution >= 4 is 17.5 Å². The molecule has 0 aromatic heterocycles. The molecule has 1 aliphatic heterocycles. The minimum Gasteiger partial charge on any atom is -0.402 e. The second-order valence-corrected chi connectivity index (χ2v) is 3.74. The van der Waals surface area contributed by atoms with Crippen LogP contribution in [0.25, 0.3) is 0 Å². The summed E-state index contributed by atoms with van der Waals surface area (Å²) in [5.41, 5.74) is 8.53. The molecule has 0 spiro atoms. The van der Waals surface area contributed by atoms with Crippen molar-refractivity contribution in [3.63, 3.8) is 0 Å². The lowest BCUT2D eigenvalue weighted by molar-refractivity contribution is 1.03. The summed E-state index contributed by atoms with van der Waals surface area (Å²) in [5.74, 6) is 2.06. The van der Waals surface area contributed by atoms with Crippen LogP contribution in [0, 0.1) is 5.41 Å². The molecule has 0 saturated heterocycles. The second-order valence-electron chi connectivity index (χ2n) is 2.64. The first-order valence-corrected chi connectivity index (χ1v) is 5.04. The summed E-state index contributed by atoms with van der Waals surface area (Å²) < 4.78 is 0. The first-order chi connectivity index (χ1) is 5.25. The van der Waals surface area contributed by atoms with E-state index in [4.69, 9.17) is 11.1 Å². The lowest BCUT2D eigenvalue weighted by Gasteiger charge is -2.16. The number of nitrogens with one attached hydrogen (secondary N) is 1. The molecule has 0 unspecified atom stereocenters. The molecule has 1 aliphatic rings. The Balaban J connectivity index is 2.74. The van der Waals surface area contributed by atoms with Crippen LogP contribution in [-0.2, 0) is 0 Å². The van der Waals surface area contributed by atoms with Gasteiger partial charge in [0.1, 0.15) is 0 Å². The summed E-state index contributed by atoms with van der Waals surface area (Å²) >= 11 is 1.87. The van der Waals surface area contributed by atoms with Gasteiger partial charge in [-0.3, -0.25) is 0 Å². The van der Waals surface area contributed by atoms with Gasteiger partial charge < -0.3 is 11.1 Å². The molecule has 1 rings (SSSR count). The van der Waals surface area contributed by atoms with Gasteiger partial charge >= 0.3 is 0 Å². The van der Waals surface area contributed by atoms with Gasteiger partial charge in [0.05, 0.1) is 0 Å². The standard InChI is InChI=1S/C8H14N2S/c1-2-7(9)6-5-11-4-3-8(6)10/h9H,2-5,10H2,1H3. The molecule has 0 atom stereocenters. The van der Waals surface area contributed by atoms with Crippen molar-refractivity contribution in [2.45, 2.75) is 19.8 Å². The van der Waals surface area contributed by atoms with E-state index in [1.165, 1.54) is 0 Å². The van der Waals surface area contributed by atoms with E-state index in [2.05, 4.69) is 0 Å². The van der Waals surface area contributed by atoms with Gasteiger partial charge in [0.2, 0.25) is 0 Å². The smallest absolute Gasteiger partial charge is 0.0368 e. The third-order valence-corrected chi connectivity index (χ3v) is 2.85. The van der Waals surface area contributed by atoms with E-state index >= 15 is 0 Å². The van der Waals surface area contributed by atoms with Crippen LogP contribution in [0.3, 0.4) is 0 Å². The molecule has 0 aliphatic carbocycles. The Morgan fingerprint density at radius 2 is 2.45 bits per heavy atom. The molecule has 3 N–H and O–H groups in total. The highest BCUT2D eigenvalue weighted by Gasteiger charge is 2.12. The summed E-state index contributed by atoms with van der Waals surface area (Å²) in [5, 5.41) is 7.61. The number of allylic oxidation sites excluding steroid dienone is 1. The van der Waals surface area contributed by atoms with E-state index in [0.29, 0.717) is 0 Å². The average Bonchev–Trinajstić information content (AvgIpc) is 2.04. The van der Waals surface area contributed by atoms with Crippen molar-refractivity contribution in [1.29, 1.82) is 5.41 Å². The van der Waals surface area contributed by atoms with Crippen LogP contribution in [-0.4, -0.2) is 17.2 Å². The van der Waals surface area contributed by atoms with Crippen molar-refractivity contribution in [3.8, 4) is 0 Å². The highest BCUT2D eigenvalue weighted by Crippen LogP contribution is 2.21. The Hall–Kier alpha value is -0.440. The number of rotatable bonds is 2. The molecule has 0 radical (unpaired) electrons. The minimum absolute atomic E-state index is 0.717. The van der Waals surface area contributed by atoms with Crippen LogP contribution >= 0.6 is 11.8 Å². The predicted octanol–water partition coefficient (Wildman–Crippen LogP) is 1.77. The Morgan fingerprint density at radius 3 is 3.00 bits per heavy atom. The molecule has 2 nitrogen and oxygen atoms in total. The Kier molecular flexibility index (Phi) is 3.00. The maximum absolute atomic E-state index is 7.61. The number of nitrogens with two attached hydrogens (primary N) is 1. The average molecular weight is 170 g/mol. The lowest BCUT2D eigenvalue weighted by atomic mass is 10.1. The molecule has 0 fully saturated rings. The van der Waals surface area contributed by atoms with E-state index in [9.17, 15) is 0 Å². The first kappa shape index (κ1) is 8.65. The summed E-state index contributed by atoms with van der Waals surface area (Å²) in [6.45, 7) is 2.00. The van der Waals surface area contributed by atoms with Crippen LogP contribution < -0.4 is 5.73 Å². The highest BCUT2D eigenvalue weighted by molar-refractivity contribution is 7.99. The normalized spacial score (nSPS) is 18.6. The highest BCUT2D eigenvalue weighted by atomic mass is 32.2. The molecule has 62 valence electrons. The zero-order chi connectivity index (χ0) is 8.27. The van der Waals surface area contributed by atoms with Crippen molar-refractivity contribution in [3.05, 3.63) is 11.3 Å². The van der Waals surface area contributed by atoms with Gasteiger partial charge in [-0.1, -0.05) is 6.92 Å². The molecule has 3 heteroatoms. The minimum atomic E-state index is 0.717. The Bertz CT molecular complexity index is 196. The summed E-state index contributed by atoms with van der Waals surface area (Å²) in [6, 6.07) is 0. The lowest BCUT2D eigenvalue weighted by Crippen LogP contribution is -2.16. The molecule has 0 amide bonds. The van der Waals surface area contributed by atoms with Gasteiger partial charge in [0.15, 0.2) is 0 Å². The third kappa shape index (κ3) is 1.99. The zero-order valence-electron chi connectivity index (χ0n) is 6.81. The Morgan fingerprint density at radius 1 is 1.73 bits per heavy atom. The second kappa shape index (κ2) is 3.81. The SMILES string of the molecule is CCC(=N)C1=C(N)CCSC1. The summed E-state index contributed by atoms with van der Waals surface area (Å²) in [7, 11) is 0. The zero-order valence-corrected chi connectivity index (χ0v) is 7.63. The first-order valence-electron chi connectivity index (χ1n) is 3.88. The molecular formula is C8H14N2S. The van der Waals surface area contributed by atoms with Crippen LogP contribution in [0.5, 0.6) is 0 Å². The van der Waals surface area contributed by atoms with E-state index < -0.39 is 0 Å². The summed E-state index contributed by atoms with van der Waals surface area (Å²) in [4.78, 5) is 0. The van der Waals surface area contributed by atoms with Crippen molar-refractivity contribution < 1.29 is 0 Å². The molecule has 0 aromatic carbocycles. The van der Waals surface area contributed by atoms with E-state index in [-0.39, 0.29) is 0 Å². The van der Waals surface area contributed by atoms with Crippen LogP contribution in [0.2, 0.25) is 0 Å². The van der Waals surface area contributed by atoms with Gasteiger partial charge in [0, 0.05) is 22.7 Å². The van der Waals surface area contributed by atoms with Gasteiger partial charge in [-0.25, -0.2) is 0 Å². The van der Waals surface area contributed by atoms with E-state index in [1.807, 2.05) is 18.7 Å². The van der Waals surface area contributed by atoms with Gasteiger partial charge in [-0.05, 0) is 18.6 Å². The van der Waals surface area contributed by atoms with Crippen LogP contribution in [0.15, 0.2) is 11.3 Å². The van der Waals surface area contributed by atoms with E-state index in [0.717, 1.165) is 41.3 Å². The van der Waals surface area contributed by atoms with Crippen molar-refractivity contribution in [2.75, 3.05) is 11.5 Å². The van der Waals surface area contributed by atoms with Crippen LogP contribution in [0.1, 0.15) is 19.8 Å². The molecule has 0 aromatic rings. The van der Waals surface area contributed by atoms with Gasteiger partial charge in [0.25, 0.3) is 0 Å². The van der Waals surface area contributed by atoms with E-state index in [1.54, 1.807) is 0 Å². The molecule has 1 heterocycles. The maximum Gasteiger partial charge on any atom is 0.0368 e. The fraction of sp³-hybridized carbons (Fsp3) is 0.625. The van der Waals surface area contributed by atoms with Crippen molar-refractivity contribution in [2.24, 2.45) is 5.73 Å². The third-order valence-electron chi connectivity index (χ3n) is 1.87. The maximum atomic E-state index is 7.61. The topological polar surface area (TPSA) is 49.9 Å². The van der Waals surface area contributed by atoms with Crippen LogP contribution in [0.4, 0.5) is 0 Å². The monoisotopic (exact) mass is 170 g/mol. The van der Waals surface area contributed by atoms with Gasteiger partial charge in [-0.15, -0.1) is 0 Å². The Labute approximate surface area is 71.7 Å². The largest absolute Gasteiger partial charge is 0.402 e. The van der Waals surface area contributed by atoms with Crippen molar-refractivity contribution in [1.82, 2.24) is 0 Å². The molecular weight excluding hydrogens is 156 g/mol. The predicted molar refractivity (Wildman–Crippen MR) is 51.2 cm³/mol. The number of hydrogen-bond donors (Lipinski definition) is 2. The molecule has 11 heavy (non-hydrogen) atoms. The van der Waals surface area contributed by atoms with Gasteiger partial charge in [-0.2, -0.15) is 11.8 Å². The molecule has 0 saturated carbocycles. The fourth-order valence-electron chi connectivity index (χ4n) is 1.09. The fourth-order valence-corrected chi connectivity index (χ4v) is 2.17. The molecule has 0 bridgehead atoms. The number of hydrogen-bond acceptors (Lipinski definition) is 3. The summed E-state index contributed by atoms with van der Waals surface area (Å²) in [6.07, 6.45) is 1.76. The quantitative estimate of drug-likeness (QED) is 0.620.